The number of carboxylic acid groups (broad SMARTS) is 1. The Kier molecular flexibility index (Phi) is 7.26. The molecule has 4 rings (SSSR count). The van der Waals surface area contributed by atoms with Gasteiger partial charge in [0.25, 0.3) is 0 Å². The molecule has 174 valence electrons. The van der Waals surface area contributed by atoms with Crippen LogP contribution in [0.3, 0.4) is 0 Å². The molecule has 8 heteroatoms. The SMILES string of the molecule is C#C[C@@H](CC(=O)O)c1ccc(OCc2cccc(CN3CCc4sc([N+](=O)[O-])cc4C3)c2)cc1. The molecule has 1 N–H and O–H groups in total. The predicted octanol–water partition coefficient (Wildman–Crippen LogP) is 4.99. The molecule has 0 aliphatic carbocycles. The average Bonchev–Trinajstić information content (AvgIpc) is 3.26. The molecule has 7 nitrogen and oxygen atoms in total. The minimum Gasteiger partial charge on any atom is -0.489 e. The van der Waals surface area contributed by atoms with E-state index < -0.39 is 11.9 Å². The molecule has 0 unspecified atom stereocenters. The molecule has 0 bridgehead atoms. The monoisotopic (exact) mass is 476 g/mol. The fourth-order valence-electron chi connectivity index (χ4n) is 4.09. The Balaban J connectivity index is 1.34. The largest absolute Gasteiger partial charge is 0.489 e. The van der Waals surface area contributed by atoms with Gasteiger partial charge in [0.15, 0.2) is 0 Å². The van der Waals surface area contributed by atoms with E-state index in [9.17, 15) is 14.9 Å². The molecule has 0 saturated carbocycles. The lowest BCUT2D eigenvalue weighted by atomic mass is 9.97. The van der Waals surface area contributed by atoms with Gasteiger partial charge >= 0.3 is 11.0 Å². The second-order valence-electron chi connectivity index (χ2n) is 8.25. The van der Waals surface area contributed by atoms with Crippen LogP contribution in [-0.2, 0) is 30.9 Å². The van der Waals surface area contributed by atoms with Gasteiger partial charge in [-0.05, 0) is 40.8 Å². The molecule has 0 fully saturated rings. The Morgan fingerprint density at radius 2 is 2.00 bits per heavy atom. The van der Waals surface area contributed by atoms with Crippen LogP contribution in [0.1, 0.15) is 39.5 Å². The Morgan fingerprint density at radius 1 is 1.24 bits per heavy atom. The van der Waals surface area contributed by atoms with Crippen molar-refractivity contribution in [2.24, 2.45) is 0 Å². The zero-order valence-corrected chi connectivity index (χ0v) is 19.3. The summed E-state index contributed by atoms with van der Waals surface area (Å²) in [5, 5.41) is 20.3. The van der Waals surface area contributed by atoms with E-state index in [2.05, 4.69) is 23.0 Å². The maximum absolute atomic E-state index is 11.1. The second-order valence-corrected chi connectivity index (χ2v) is 9.36. The van der Waals surface area contributed by atoms with Gasteiger partial charge in [0.2, 0.25) is 0 Å². The molecule has 1 aliphatic heterocycles. The normalized spacial score (nSPS) is 14.1. The highest BCUT2D eigenvalue weighted by molar-refractivity contribution is 7.15. The van der Waals surface area contributed by atoms with Crippen LogP contribution in [0, 0.1) is 22.5 Å². The molecule has 0 radical (unpaired) electrons. The van der Waals surface area contributed by atoms with Gasteiger partial charge in [-0.25, -0.2) is 0 Å². The van der Waals surface area contributed by atoms with Crippen molar-refractivity contribution in [3.8, 4) is 18.1 Å². The molecule has 0 amide bonds. The molecular formula is C26H24N2O5S. The lowest BCUT2D eigenvalue weighted by Gasteiger charge is -2.26. The van der Waals surface area contributed by atoms with Crippen LogP contribution in [-0.4, -0.2) is 27.4 Å². The van der Waals surface area contributed by atoms with E-state index in [1.165, 1.54) is 11.3 Å². The van der Waals surface area contributed by atoms with E-state index in [1.54, 1.807) is 30.3 Å². The topological polar surface area (TPSA) is 92.9 Å². The fourth-order valence-corrected chi connectivity index (χ4v) is 5.06. The summed E-state index contributed by atoms with van der Waals surface area (Å²) < 4.78 is 5.91. The number of thiophene rings is 1. The quantitative estimate of drug-likeness (QED) is 0.266. The molecule has 0 saturated heterocycles. The molecule has 3 aromatic rings. The summed E-state index contributed by atoms with van der Waals surface area (Å²) in [5.41, 5.74) is 4.04. The van der Waals surface area contributed by atoms with Crippen molar-refractivity contribution in [3.63, 3.8) is 0 Å². The predicted molar refractivity (Wildman–Crippen MR) is 130 cm³/mol. The molecule has 1 aromatic heterocycles. The van der Waals surface area contributed by atoms with E-state index in [4.69, 9.17) is 16.3 Å². The van der Waals surface area contributed by atoms with Gasteiger partial charge in [-0.15, -0.1) is 6.42 Å². The molecule has 1 aliphatic rings. The van der Waals surface area contributed by atoms with Crippen LogP contribution in [0.4, 0.5) is 5.00 Å². The minimum absolute atomic E-state index is 0.106. The Labute approximate surface area is 201 Å². The van der Waals surface area contributed by atoms with Crippen molar-refractivity contribution < 1.29 is 19.6 Å². The number of benzene rings is 2. The third-order valence-electron chi connectivity index (χ3n) is 5.78. The smallest absolute Gasteiger partial charge is 0.324 e. The van der Waals surface area contributed by atoms with Crippen LogP contribution >= 0.6 is 11.3 Å². The second kappa shape index (κ2) is 10.5. The maximum atomic E-state index is 11.1. The lowest BCUT2D eigenvalue weighted by molar-refractivity contribution is -0.380. The summed E-state index contributed by atoms with van der Waals surface area (Å²) >= 11 is 1.29. The number of nitrogens with zero attached hydrogens (tertiary/aromatic N) is 2. The Bertz CT molecular complexity index is 1230. The first kappa shape index (κ1) is 23.5. The summed E-state index contributed by atoms with van der Waals surface area (Å²) in [7, 11) is 0. The summed E-state index contributed by atoms with van der Waals surface area (Å²) in [6.45, 7) is 2.76. The van der Waals surface area contributed by atoms with Crippen molar-refractivity contribution in [2.75, 3.05) is 6.54 Å². The molecule has 1 atom stereocenters. The first-order valence-corrected chi connectivity index (χ1v) is 11.7. The van der Waals surface area contributed by atoms with Crippen LogP contribution < -0.4 is 4.74 Å². The van der Waals surface area contributed by atoms with Gasteiger partial charge in [-0.2, -0.15) is 0 Å². The summed E-state index contributed by atoms with van der Waals surface area (Å²) in [6.07, 6.45) is 6.20. The van der Waals surface area contributed by atoms with Gasteiger partial charge in [0.05, 0.1) is 17.3 Å². The number of rotatable bonds is 9. The highest BCUT2D eigenvalue weighted by Gasteiger charge is 2.23. The third kappa shape index (κ3) is 5.81. The highest BCUT2D eigenvalue weighted by Crippen LogP contribution is 2.33. The van der Waals surface area contributed by atoms with Gasteiger partial charge in [-0.1, -0.05) is 53.7 Å². The zero-order valence-electron chi connectivity index (χ0n) is 18.5. The van der Waals surface area contributed by atoms with Crippen molar-refractivity contribution in [1.82, 2.24) is 4.90 Å². The summed E-state index contributed by atoms with van der Waals surface area (Å²) in [4.78, 5) is 25.1. The number of fused-ring (bicyclic) bond motifs is 1. The number of carbonyl (C=O) groups is 1. The number of aliphatic carboxylic acids is 1. The first-order chi connectivity index (χ1) is 16.4. The van der Waals surface area contributed by atoms with E-state index in [-0.39, 0.29) is 16.3 Å². The van der Waals surface area contributed by atoms with Gasteiger partial charge < -0.3 is 9.84 Å². The number of terminal acetylenes is 1. The standard InChI is InChI=1S/C26H24N2O5S/c1-2-20(14-26(29)30)21-6-8-23(9-7-21)33-17-19-5-3-4-18(12-19)15-27-11-10-24-22(16-27)13-25(34-24)28(31)32/h1,3-9,12-13,20H,10-11,14-17H2,(H,29,30)/t20-/m0/s1. The van der Waals surface area contributed by atoms with Gasteiger partial charge in [-0.3, -0.25) is 19.8 Å². The van der Waals surface area contributed by atoms with Crippen molar-refractivity contribution in [2.45, 2.75) is 38.5 Å². The number of hydrogen-bond donors (Lipinski definition) is 1. The number of nitro groups is 1. The summed E-state index contributed by atoms with van der Waals surface area (Å²) in [5.74, 6) is 1.82. The van der Waals surface area contributed by atoms with Gasteiger partial charge in [0.1, 0.15) is 12.4 Å². The van der Waals surface area contributed by atoms with E-state index in [0.29, 0.717) is 18.9 Å². The molecular weight excluding hydrogens is 452 g/mol. The third-order valence-corrected chi connectivity index (χ3v) is 6.97. The lowest BCUT2D eigenvalue weighted by Crippen LogP contribution is -2.29. The first-order valence-electron chi connectivity index (χ1n) is 10.9. The van der Waals surface area contributed by atoms with Crippen molar-refractivity contribution in [1.29, 1.82) is 0 Å². The van der Waals surface area contributed by atoms with Crippen LogP contribution in [0.25, 0.3) is 0 Å². The Morgan fingerprint density at radius 3 is 2.71 bits per heavy atom. The van der Waals surface area contributed by atoms with E-state index in [1.807, 2.05) is 12.1 Å². The van der Waals surface area contributed by atoms with E-state index in [0.717, 1.165) is 46.6 Å². The van der Waals surface area contributed by atoms with Crippen LogP contribution in [0.2, 0.25) is 0 Å². The molecule has 2 aromatic carbocycles. The minimum atomic E-state index is -0.926. The van der Waals surface area contributed by atoms with Gasteiger partial charge in [0, 0.05) is 30.6 Å². The average molecular weight is 477 g/mol. The van der Waals surface area contributed by atoms with Crippen LogP contribution in [0.15, 0.2) is 54.6 Å². The van der Waals surface area contributed by atoms with E-state index >= 15 is 0 Å². The zero-order chi connectivity index (χ0) is 24.1. The maximum Gasteiger partial charge on any atom is 0.324 e. The molecule has 2 heterocycles. The van der Waals surface area contributed by atoms with Crippen molar-refractivity contribution >= 4 is 22.3 Å². The number of carboxylic acids is 1. The van der Waals surface area contributed by atoms with Crippen molar-refractivity contribution in [3.05, 3.63) is 91.8 Å². The molecule has 34 heavy (non-hydrogen) atoms. The fraction of sp³-hybridized carbons (Fsp3) is 0.269. The molecule has 0 spiro atoms. The number of hydrogen-bond acceptors (Lipinski definition) is 6. The van der Waals surface area contributed by atoms with Crippen LogP contribution in [0.5, 0.6) is 5.75 Å². The summed E-state index contributed by atoms with van der Waals surface area (Å²) in [6, 6.07) is 17.1. The Hall–Kier alpha value is -3.67. The highest BCUT2D eigenvalue weighted by atomic mass is 32.1. The number of ether oxygens (including phenoxy) is 1.